The SMILES string of the molecule is CC(C)CC(CN(C)C)NC(=O)COC(C)(C)C. The van der Waals surface area contributed by atoms with E-state index in [1.807, 2.05) is 34.9 Å². The van der Waals surface area contributed by atoms with E-state index in [2.05, 4.69) is 24.1 Å². The first kappa shape index (κ1) is 17.4. The van der Waals surface area contributed by atoms with E-state index in [4.69, 9.17) is 4.74 Å². The second-order valence-electron chi connectivity index (χ2n) is 6.56. The number of ether oxygens (including phenoxy) is 1. The van der Waals surface area contributed by atoms with E-state index in [1.165, 1.54) is 0 Å². The number of rotatable bonds is 7. The normalized spacial score (nSPS) is 14.1. The molecule has 4 nitrogen and oxygen atoms in total. The first-order chi connectivity index (χ1) is 8.10. The van der Waals surface area contributed by atoms with Gasteiger partial charge in [-0.2, -0.15) is 0 Å². The van der Waals surface area contributed by atoms with Crippen LogP contribution in [0, 0.1) is 5.92 Å². The minimum atomic E-state index is -0.271. The lowest BCUT2D eigenvalue weighted by Gasteiger charge is -2.25. The Kier molecular flexibility index (Phi) is 7.48. The monoisotopic (exact) mass is 258 g/mol. The zero-order chi connectivity index (χ0) is 14.3. The van der Waals surface area contributed by atoms with Crippen molar-refractivity contribution >= 4 is 5.91 Å². The Bertz CT molecular complexity index is 235. The molecule has 0 aromatic carbocycles. The van der Waals surface area contributed by atoms with Crippen LogP contribution in [0.15, 0.2) is 0 Å². The van der Waals surface area contributed by atoms with Crippen molar-refractivity contribution in [3.05, 3.63) is 0 Å². The summed E-state index contributed by atoms with van der Waals surface area (Å²) in [5.74, 6) is 0.538. The van der Waals surface area contributed by atoms with E-state index in [-0.39, 0.29) is 24.2 Å². The molecule has 0 aliphatic heterocycles. The first-order valence-corrected chi connectivity index (χ1v) is 6.68. The molecule has 0 aromatic heterocycles. The van der Waals surface area contributed by atoms with E-state index >= 15 is 0 Å². The molecule has 1 amide bonds. The number of nitrogens with one attached hydrogen (secondary N) is 1. The van der Waals surface area contributed by atoms with Gasteiger partial charge >= 0.3 is 0 Å². The third kappa shape index (κ3) is 10.5. The fourth-order valence-electron chi connectivity index (χ4n) is 1.74. The second kappa shape index (κ2) is 7.74. The van der Waals surface area contributed by atoms with Crippen LogP contribution in [0.2, 0.25) is 0 Å². The lowest BCUT2D eigenvalue weighted by atomic mass is 10.0. The van der Waals surface area contributed by atoms with Gasteiger partial charge in [0, 0.05) is 12.6 Å². The van der Waals surface area contributed by atoms with Gasteiger partial charge in [-0.1, -0.05) is 13.8 Å². The van der Waals surface area contributed by atoms with Crippen LogP contribution < -0.4 is 5.32 Å². The largest absolute Gasteiger partial charge is 0.366 e. The highest BCUT2D eigenvalue weighted by molar-refractivity contribution is 5.77. The van der Waals surface area contributed by atoms with Crippen molar-refractivity contribution < 1.29 is 9.53 Å². The maximum atomic E-state index is 11.8. The van der Waals surface area contributed by atoms with E-state index in [9.17, 15) is 4.79 Å². The highest BCUT2D eigenvalue weighted by Crippen LogP contribution is 2.07. The Morgan fingerprint density at radius 3 is 2.22 bits per heavy atom. The maximum absolute atomic E-state index is 11.8. The molecule has 0 rings (SSSR count). The molecule has 0 saturated heterocycles. The van der Waals surface area contributed by atoms with Gasteiger partial charge < -0.3 is 15.0 Å². The number of likely N-dealkylation sites (N-methyl/N-ethyl adjacent to an activating group) is 1. The van der Waals surface area contributed by atoms with Crippen molar-refractivity contribution in [3.8, 4) is 0 Å². The van der Waals surface area contributed by atoms with Crippen LogP contribution in [0.5, 0.6) is 0 Å². The molecule has 0 aliphatic rings. The molecular formula is C14H30N2O2. The summed E-state index contributed by atoms with van der Waals surface area (Å²) in [6.07, 6.45) is 0.986. The Balaban J connectivity index is 4.17. The van der Waals surface area contributed by atoms with Gasteiger partial charge in [-0.3, -0.25) is 4.79 Å². The second-order valence-corrected chi connectivity index (χ2v) is 6.56. The fourth-order valence-corrected chi connectivity index (χ4v) is 1.74. The van der Waals surface area contributed by atoms with Gasteiger partial charge in [0.1, 0.15) is 6.61 Å². The smallest absolute Gasteiger partial charge is 0.246 e. The van der Waals surface area contributed by atoms with Crippen LogP contribution in [-0.4, -0.2) is 49.7 Å². The highest BCUT2D eigenvalue weighted by atomic mass is 16.5. The Labute approximate surface area is 112 Å². The zero-order valence-corrected chi connectivity index (χ0v) is 13.0. The number of carbonyl (C=O) groups is 1. The molecular weight excluding hydrogens is 228 g/mol. The summed E-state index contributed by atoms with van der Waals surface area (Å²) in [7, 11) is 4.04. The third-order valence-corrected chi connectivity index (χ3v) is 2.34. The molecule has 108 valence electrons. The van der Waals surface area contributed by atoms with Crippen LogP contribution >= 0.6 is 0 Å². The highest BCUT2D eigenvalue weighted by Gasteiger charge is 2.17. The molecule has 0 bridgehead atoms. The number of hydrogen-bond acceptors (Lipinski definition) is 3. The fraction of sp³-hybridized carbons (Fsp3) is 0.929. The first-order valence-electron chi connectivity index (χ1n) is 6.68. The van der Waals surface area contributed by atoms with Gasteiger partial charge in [-0.25, -0.2) is 0 Å². The zero-order valence-electron chi connectivity index (χ0n) is 13.0. The number of nitrogens with zero attached hydrogens (tertiary/aromatic N) is 1. The van der Waals surface area contributed by atoms with Crippen LogP contribution in [-0.2, 0) is 9.53 Å². The predicted molar refractivity (Wildman–Crippen MR) is 75.6 cm³/mol. The topological polar surface area (TPSA) is 41.6 Å². The lowest BCUT2D eigenvalue weighted by Crippen LogP contribution is -2.44. The van der Waals surface area contributed by atoms with Gasteiger partial charge in [0.05, 0.1) is 5.60 Å². The van der Waals surface area contributed by atoms with E-state index in [0.717, 1.165) is 13.0 Å². The van der Waals surface area contributed by atoms with Crippen molar-refractivity contribution in [2.45, 2.75) is 52.7 Å². The third-order valence-electron chi connectivity index (χ3n) is 2.34. The summed E-state index contributed by atoms with van der Waals surface area (Å²) in [5.41, 5.74) is -0.271. The summed E-state index contributed by atoms with van der Waals surface area (Å²) in [6.45, 7) is 11.2. The van der Waals surface area contributed by atoms with Gasteiger partial charge in [0.2, 0.25) is 5.91 Å². The summed E-state index contributed by atoms with van der Waals surface area (Å²) in [4.78, 5) is 13.9. The summed E-state index contributed by atoms with van der Waals surface area (Å²) < 4.78 is 5.48. The number of amides is 1. The van der Waals surface area contributed by atoms with Gasteiger partial charge in [0.15, 0.2) is 0 Å². The molecule has 1 atom stereocenters. The van der Waals surface area contributed by atoms with Gasteiger partial charge in [-0.15, -0.1) is 0 Å². The average molecular weight is 258 g/mol. The van der Waals surface area contributed by atoms with E-state index in [1.54, 1.807) is 0 Å². The molecule has 0 aliphatic carbocycles. The van der Waals surface area contributed by atoms with Crippen molar-refractivity contribution in [3.63, 3.8) is 0 Å². The van der Waals surface area contributed by atoms with E-state index < -0.39 is 0 Å². The van der Waals surface area contributed by atoms with Crippen LogP contribution in [0.1, 0.15) is 41.0 Å². The number of carbonyl (C=O) groups excluding carboxylic acids is 1. The van der Waals surface area contributed by atoms with Crippen LogP contribution in [0.25, 0.3) is 0 Å². The lowest BCUT2D eigenvalue weighted by molar-refractivity contribution is -0.131. The quantitative estimate of drug-likeness (QED) is 0.758. The summed E-state index contributed by atoms with van der Waals surface area (Å²) in [5, 5.41) is 3.05. The van der Waals surface area contributed by atoms with E-state index in [0.29, 0.717) is 5.92 Å². The van der Waals surface area contributed by atoms with Crippen LogP contribution in [0.4, 0.5) is 0 Å². The van der Waals surface area contributed by atoms with Crippen molar-refractivity contribution in [2.24, 2.45) is 5.92 Å². The van der Waals surface area contributed by atoms with Crippen molar-refractivity contribution in [1.29, 1.82) is 0 Å². The van der Waals surface area contributed by atoms with Crippen molar-refractivity contribution in [1.82, 2.24) is 10.2 Å². The molecule has 0 saturated carbocycles. The standard InChI is InChI=1S/C14H30N2O2/c1-11(2)8-12(9-16(6)7)15-13(17)10-18-14(3,4)5/h11-12H,8-10H2,1-7H3,(H,15,17). The van der Waals surface area contributed by atoms with Crippen LogP contribution in [0.3, 0.4) is 0 Å². The summed E-state index contributed by atoms with van der Waals surface area (Å²) in [6, 6.07) is 0.191. The predicted octanol–water partition coefficient (Wildman–Crippen LogP) is 1.89. The molecule has 1 unspecified atom stereocenters. The van der Waals surface area contributed by atoms with Gasteiger partial charge in [-0.05, 0) is 47.2 Å². The molecule has 0 aromatic rings. The Morgan fingerprint density at radius 2 is 1.83 bits per heavy atom. The minimum absolute atomic E-state index is 0.0302. The molecule has 18 heavy (non-hydrogen) atoms. The number of hydrogen-bond donors (Lipinski definition) is 1. The minimum Gasteiger partial charge on any atom is -0.366 e. The average Bonchev–Trinajstić information content (AvgIpc) is 2.11. The molecule has 0 radical (unpaired) electrons. The summed E-state index contributed by atoms with van der Waals surface area (Å²) >= 11 is 0. The Hall–Kier alpha value is -0.610. The molecule has 0 heterocycles. The Morgan fingerprint density at radius 1 is 1.28 bits per heavy atom. The van der Waals surface area contributed by atoms with Gasteiger partial charge in [0.25, 0.3) is 0 Å². The molecule has 1 N–H and O–H groups in total. The van der Waals surface area contributed by atoms with Crippen molar-refractivity contribution in [2.75, 3.05) is 27.2 Å². The maximum Gasteiger partial charge on any atom is 0.246 e. The molecule has 0 fully saturated rings. The molecule has 4 heteroatoms. The molecule has 0 spiro atoms.